The lowest BCUT2D eigenvalue weighted by Crippen LogP contribution is -2.24. The number of nitrogens with one attached hydrogen (secondary N) is 1. The van der Waals surface area contributed by atoms with Gasteiger partial charge in [-0.1, -0.05) is 33.6 Å². The second-order valence-electron chi connectivity index (χ2n) is 4.41. The van der Waals surface area contributed by atoms with E-state index in [1.165, 1.54) is 18.4 Å². The van der Waals surface area contributed by atoms with Crippen LogP contribution in [-0.2, 0) is 0 Å². The molecule has 18 heavy (non-hydrogen) atoms. The van der Waals surface area contributed by atoms with Crippen molar-refractivity contribution in [1.29, 1.82) is 0 Å². The van der Waals surface area contributed by atoms with Crippen LogP contribution in [0.3, 0.4) is 0 Å². The first-order valence-corrected chi connectivity index (χ1v) is 7.89. The van der Waals surface area contributed by atoms with Crippen LogP contribution in [0.15, 0.2) is 34.2 Å². The molecule has 1 unspecified atom stereocenters. The Balaban J connectivity index is 1.96. The number of hydrogen-bond donors (Lipinski definition) is 1. The maximum atomic E-state index is 6.00. The van der Waals surface area contributed by atoms with Crippen molar-refractivity contribution in [3.8, 4) is 0 Å². The third-order valence-electron chi connectivity index (χ3n) is 2.95. The molecule has 94 valence electrons. The molecule has 1 atom stereocenters. The molecule has 1 heterocycles. The van der Waals surface area contributed by atoms with E-state index in [4.69, 9.17) is 11.6 Å². The third kappa shape index (κ3) is 2.77. The molecule has 5 heteroatoms. The summed E-state index contributed by atoms with van der Waals surface area (Å²) in [5.41, 5.74) is 1.20. The molecule has 0 bridgehead atoms. The average Bonchev–Trinajstić information content (AvgIpc) is 3.00. The SMILES string of the molecule is Clc1ccc(C(NC2CC2)c2nccs2)c(Br)c1. The van der Waals surface area contributed by atoms with E-state index in [2.05, 4.69) is 32.3 Å². The minimum absolute atomic E-state index is 0.157. The molecular weight excluding hydrogens is 332 g/mol. The van der Waals surface area contributed by atoms with Crippen molar-refractivity contribution in [2.24, 2.45) is 0 Å². The molecular formula is C13H12BrClN2S. The van der Waals surface area contributed by atoms with Gasteiger partial charge in [0.2, 0.25) is 0 Å². The lowest BCUT2D eigenvalue weighted by atomic mass is 10.1. The summed E-state index contributed by atoms with van der Waals surface area (Å²) in [5.74, 6) is 0. The Morgan fingerprint density at radius 3 is 2.89 bits per heavy atom. The van der Waals surface area contributed by atoms with E-state index in [0.29, 0.717) is 6.04 Å². The zero-order valence-electron chi connectivity index (χ0n) is 9.57. The summed E-state index contributed by atoms with van der Waals surface area (Å²) in [4.78, 5) is 4.44. The van der Waals surface area contributed by atoms with Gasteiger partial charge in [0.1, 0.15) is 5.01 Å². The van der Waals surface area contributed by atoms with E-state index < -0.39 is 0 Å². The summed E-state index contributed by atoms with van der Waals surface area (Å²) >= 11 is 11.3. The van der Waals surface area contributed by atoms with Crippen LogP contribution in [0.1, 0.15) is 29.5 Å². The minimum Gasteiger partial charge on any atom is -0.301 e. The molecule has 1 aliphatic rings. The molecule has 1 saturated carbocycles. The Bertz CT molecular complexity index is 540. The van der Waals surface area contributed by atoms with Gasteiger partial charge in [0.05, 0.1) is 6.04 Å². The van der Waals surface area contributed by atoms with E-state index in [0.717, 1.165) is 14.5 Å². The highest BCUT2D eigenvalue weighted by atomic mass is 79.9. The van der Waals surface area contributed by atoms with Crippen molar-refractivity contribution >= 4 is 38.9 Å². The van der Waals surface area contributed by atoms with Crippen LogP contribution in [-0.4, -0.2) is 11.0 Å². The zero-order chi connectivity index (χ0) is 12.5. The van der Waals surface area contributed by atoms with E-state index in [1.807, 2.05) is 23.7 Å². The topological polar surface area (TPSA) is 24.9 Å². The molecule has 1 fully saturated rings. The van der Waals surface area contributed by atoms with E-state index in [9.17, 15) is 0 Å². The summed E-state index contributed by atoms with van der Waals surface area (Å²) in [6.45, 7) is 0. The second-order valence-corrected chi connectivity index (χ2v) is 6.63. The van der Waals surface area contributed by atoms with Crippen molar-refractivity contribution in [2.75, 3.05) is 0 Å². The highest BCUT2D eigenvalue weighted by Gasteiger charge is 2.28. The average molecular weight is 344 g/mol. The van der Waals surface area contributed by atoms with Crippen LogP contribution < -0.4 is 5.32 Å². The number of halogens is 2. The molecule has 1 aromatic heterocycles. The van der Waals surface area contributed by atoms with Gasteiger partial charge < -0.3 is 5.32 Å². The Kier molecular flexibility index (Phi) is 3.71. The van der Waals surface area contributed by atoms with Crippen molar-refractivity contribution in [3.05, 3.63) is 49.8 Å². The van der Waals surface area contributed by atoms with Crippen LogP contribution >= 0.6 is 38.9 Å². The molecule has 0 aliphatic heterocycles. The lowest BCUT2D eigenvalue weighted by Gasteiger charge is -2.18. The van der Waals surface area contributed by atoms with E-state index >= 15 is 0 Å². The molecule has 0 saturated heterocycles. The molecule has 1 N–H and O–H groups in total. The normalized spacial score (nSPS) is 16.8. The Hall–Kier alpha value is -0.420. The fourth-order valence-corrected chi connectivity index (χ4v) is 3.52. The molecule has 2 nitrogen and oxygen atoms in total. The lowest BCUT2D eigenvalue weighted by molar-refractivity contribution is 0.596. The quantitative estimate of drug-likeness (QED) is 0.890. The van der Waals surface area contributed by atoms with Gasteiger partial charge in [0.25, 0.3) is 0 Å². The van der Waals surface area contributed by atoms with Crippen LogP contribution in [0.25, 0.3) is 0 Å². The molecule has 2 aromatic rings. The molecule has 0 amide bonds. The minimum atomic E-state index is 0.157. The predicted molar refractivity (Wildman–Crippen MR) is 79.3 cm³/mol. The molecule has 3 rings (SSSR count). The summed E-state index contributed by atoms with van der Waals surface area (Å²) < 4.78 is 1.03. The van der Waals surface area contributed by atoms with Crippen LogP contribution in [0, 0.1) is 0 Å². The first-order valence-electron chi connectivity index (χ1n) is 5.84. The molecule has 1 aromatic carbocycles. The van der Waals surface area contributed by atoms with Crippen LogP contribution in [0.4, 0.5) is 0 Å². The Morgan fingerprint density at radius 2 is 2.28 bits per heavy atom. The summed E-state index contributed by atoms with van der Waals surface area (Å²) in [7, 11) is 0. The predicted octanol–water partition coefficient (Wildman–Crippen LogP) is 4.40. The van der Waals surface area contributed by atoms with Gasteiger partial charge in [-0.15, -0.1) is 11.3 Å². The third-order valence-corrected chi connectivity index (χ3v) is 4.71. The van der Waals surface area contributed by atoms with Gasteiger partial charge in [-0.3, -0.25) is 0 Å². The highest BCUT2D eigenvalue weighted by molar-refractivity contribution is 9.10. The Morgan fingerprint density at radius 1 is 1.44 bits per heavy atom. The van der Waals surface area contributed by atoms with Gasteiger partial charge in [-0.2, -0.15) is 0 Å². The Labute approximate surface area is 124 Å². The molecule has 1 aliphatic carbocycles. The maximum Gasteiger partial charge on any atom is 0.114 e. The highest BCUT2D eigenvalue weighted by Crippen LogP contribution is 2.34. The first-order chi connectivity index (χ1) is 8.74. The van der Waals surface area contributed by atoms with E-state index in [-0.39, 0.29) is 6.04 Å². The van der Waals surface area contributed by atoms with Gasteiger partial charge >= 0.3 is 0 Å². The van der Waals surface area contributed by atoms with Gasteiger partial charge in [0, 0.05) is 27.1 Å². The van der Waals surface area contributed by atoms with Crippen molar-refractivity contribution < 1.29 is 0 Å². The van der Waals surface area contributed by atoms with Gasteiger partial charge in [-0.25, -0.2) is 4.98 Å². The smallest absolute Gasteiger partial charge is 0.114 e. The summed E-state index contributed by atoms with van der Waals surface area (Å²) in [6.07, 6.45) is 4.37. The monoisotopic (exact) mass is 342 g/mol. The number of thiazole rings is 1. The second kappa shape index (κ2) is 5.29. The molecule has 0 radical (unpaired) electrons. The number of rotatable bonds is 4. The first kappa shape index (κ1) is 12.6. The van der Waals surface area contributed by atoms with E-state index in [1.54, 1.807) is 11.3 Å². The number of aromatic nitrogens is 1. The zero-order valence-corrected chi connectivity index (χ0v) is 12.7. The van der Waals surface area contributed by atoms with Crippen molar-refractivity contribution in [1.82, 2.24) is 10.3 Å². The molecule has 0 spiro atoms. The number of hydrogen-bond acceptors (Lipinski definition) is 3. The van der Waals surface area contributed by atoms with Gasteiger partial charge in [0.15, 0.2) is 0 Å². The fourth-order valence-electron chi connectivity index (χ4n) is 1.89. The number of benzene rings is 1. The fraction of sp³-hybridized carbons (Fsp3) is 0.308. The van der Waals surface area contributed by atoms with Crippen molar-refractivity contribution in [2.45, 2.75) is 24.9 Å². The van der Waals surface area contributed by atoms with Gasteiger partial charge in [-0.05, 0) is 30.5 Å². The maximum absolute atomic E-state index is 6.00. The standard InChI is InChI=1S/C13H12BrClN2S/c14-11-7-8(15)1-4-10(11)12(17-9-2-3-9)13-16-5-6-18-13/h1,4-7,9,12,17H,2-3H2. The van der Waals surface area contributed by atoms with Crippen LogP contribution in [0.5, 0.6) is 0 Å². The number of nitrogens with zero attached hydrogens (tertiary/aromatic N) is 1. The summed E-state index contributed by atoms with van der Waals surface area (Å²) in [5, 5.41) is 7.51. The van der Waals surface area contributed by atoms with Crippen LogP contribution in [0.2, 0.25) is 5.02 Å². The summed E-state index contributed by atoms with van der Waals surface area (Å²) in [6, 6.07) is 6.71. The van der Waals surface area contributed by atoms with Crippen molar-refractivity contribution in [3.63, 3.8) is 0 Å². The largest absolute Gasteiger partial charge is 0.301 e.